The summed E-state index contributed by atoms with van der Waals surface area (Å²) in [5.74, 6) is 0. The third-order valence-electron chi connectivity index (χ3n) is 4.24. The third kappa shape index (κ3) is 4.77. The minimum atomic E-state index is -3.67. The molecule has 0 radical (unpaired) electrons. The highest BCUT2D eigenvalue weighted by atomic mass is 35.5. The molecule has 1 aliphatic rings. The second-order valence-corrected chi connectivity index (χ2v) is 10.2. The van der Waals surface area contributed by atoms with Crippen molar-refractivity contribution in [3.05, 3.63) is 70.6 Å². The predicted octanol–water partition coefficient (Wildman–Crippen LogP) is 2.65. The zero-order valence-corrected chi connectivity index (χ0v) is 16.8. The Kier molecular flexibility index (Phi) is 6.02. The fourth-order valence-electron chi connectivity index (χ4n) is 2.73. The summed E-state index contributed by atoms with van der Waals surface area (Å²) in [5.41, 5.74) is 0.782. The van der Waals surface area contributed by atoms with Crippen LogP contribution in [0.5, 0.6) is 0 Å². The van der Waals surface area contributed by atoms with Crippen LogP contribution < -0.4 is 0 Å². The van der Waals surface area contributed by atoms with E-state index in [1.165, 1.54) is 39.0 Å². The Morgan fingerprint density at radius 1 is 0.778 bits per heavy atom. The van der Waals surface area contributed by atoms with E-state index in [0.29, 0.717) is 5.02 Å². The summed E-state index contributed by atoms with van der Waals surface area (Å²) in [7, 11) is -7.27. The third-order valence-corrected chi connectivity index (χ3v) is 7.97. The molecule has 0 aromatic heterocycles. The Hall–Kier alpha value is -1.71. The monoisotopic (exact) mass is 426 g/mol. The van der Waals surface area contributed by atoms with E-state index in [2.05, 4.69) is 0 Å². The van der Waals surface area contributed by atoms with Crippen LogP contribution in [0.25, 0.3) is 6.08 Å². The molecule has 0 aliphatic carbocycles. The molecule has 0 spiro atoms. The quantitative estimate of drug-likeness (QED) is 0.736. The van der Waals surface area contributed by atoms with Crippen LogP contribution in [0.3, 0.4) is 0 Å². The van der Waals surface area contributed by atoms with Crippen LogP contribution >= 0.6 is 11.6 Å². The van der Waals surface area contributed by atoms with E-state index in [1.54, 1.807) is 0 Å². The lowest BCUT2D eigenvalue weighted by Gasteiger charge is -2.32. The zero-order chi connectivity index (χ0) is 19.5. The van der Waals surface area contributed by atoms with E-state index in [9.17, 15) is 16.8 Å². The molecular formula is C18H19ClN2O4S2. The van der Waals surface area contributed by atoms with Crippen LogP contribution in [0.4, 0.5) is 0 Å². The number of benzene rings is 2. The lowest BCUT2D eigenvalue weighted by atomic mass is 10.2. The number of sulfonamides is 2. The molecule has 2 aromatic rings. The molecule has 3 rings (SSSR count). The van der Waals surface area contributed by atoms with E-state index in [4.69, 9.17) is 11.6 Å². The average Bonchev–Trinajstić information content (AvgIpc) is 2.68. The standard InChI is InChI=1S/C18H19ClN2O4S2/c19-17-6-8-18(9-7-17)27(24,25)21-13-11-20(12-14-21)26(22,23)15-10-16-4-2-1-3-5-16/h1-10,15H,11-14H2/b15-10+. The largest absolute Gasteiger partial charge is 0.243 e. The van der Waals surface area contributed by atoms with Crippen molar-refractivity contribution in [1.82, 2.24) is 8.61 Å². The molecule has 144 valence electrons. The summed E-state index contributed by atoms with van der Waals surface area (Å²) in [6.45, 7) is 0.412. The van der Waals surface area contributed by atoms with Gasteiger partial charge in [0.05, 0.1) is 4.90 Å². The second-order valence-electron chi connectivity index (χ2n) is 6.02. The summed E-state index contributed by atoms with van der Waals surface area (Å²) >= 11 is 5.80. The number of rotatable bonds is 5. The van der Waals surface area contributed by atoms with Gasteiger partial charge in [-0.2, -0.15) is 8.61 Å². The SMILES string of the molecule is O=S(=O)(/C=C/c1ccccc1)N1CCN(S(=O)(=O)c2ccc(Cl)cc2)CC1. The molecule has 1 saturated heterocycles. The number of halogens is 1. The fourth-order valence-corrected chi connectivity index (χ4v) is 5.46. The number of piperazine rings is 1. The van der Waals surface area contributed by atoms with Crippen LogP contribution in [0.15, 0.2) is 64.9 Å². The molecule has 0 bridgehead atoms. The van der Waals surface area contributed by atoms with Crippen molar-refractivity contribution < 1.29 is 16.8 Å². The first kappa shape index (κ1) is 20.0. The van der Waals surface area contributed by atoms with Gasteiger partial charge in [0.2, 0.25) is 20.0 Å². The van der Waals surface area contributed by atoms with E-state index >= 15 is 0 Å². The molecular weight excluding hydrogens is 408 g/mol. The Labute approximate surface area is 164 Å². The maximum absolute atomic E-state index is 12.7. The van der Waals surface area contributed by atoms with Gasteiger partial charge < -0.3 is 0 Å². The Bertz CT molecular complexity index is 1010. The van der Waals surface area contributed by atoms with Gasteiger partial charge in [-0.15, -0.1) is 0 Å². The molecule has 0 amide bonds. The first-order chi connectivity index (χ1) is 12.8. The van der Waals surface area contributed by atoms with Gasteiger partial charge in [-0.3, -0.25) is 0 Å². The van der Waals surface area contributed by atoms with Crippen molar-refractivity contribution in [3.63, 3.8) is 0 Å². The minimum Gasteiger partial charge on any atom is -0.208 e. The van der Waals surface area contributed by atoms with Gasteiger partial charge in [0.1, 0.15) is 0 Å². The van der Waals surface area contributed by atoms with Crippen LogP contribution in [0.1, 0.15) is 5.56 Å². The Balaban J connectivity index is 1.67. The lowest BCUT2D eigenvalue weighted by molar-refractivity contribution is 0.275. The Morgan fingerprint density at radius 2 is 1.33 bits per heavy atom. The average molecular weight is 427 g/mol. The molecule has 0 N–H and O–H groups in total. The van der Waals surface area contributed by atoms with Gasteiger partial charge in [0, 0.05) is 36.6 Å². The van der Waals surface area contributed by atoms with Crippen LogP contribution in [0.2, 0.25) is 5.02 Å². The Morgan fingerprint density at radius 3 is 1.93 bits per heavy atom. The van der Waals surface area contributed by atoms with Gasteiger partial charge in [0.25, 0.3) is 0 Å². The van der Waals surface area contributed by atoms with Gasteiger partial charge in [-0.05, 0) is 35.9 Å². The summed E-state index contributed by atoms with van der Waals surface area (Å²) in [6.07, 6.45) is 1.53. The normalized spacial score (nSPS) is 17.4. The minimum absolute atomic E-state index is 0.101. The summed E-state index contributed by atoms with van der Waals surface area (Å²) in [4.78, 5) is 0.146. The molecule has 0 atom stereocenters. The first-order valence-electron chi connectivity index (χ1n) is 8.28. The maximum Gasteiger partial charge on any atom is 0.243 e. The smallest absolute Gasteiger partial charge is 0.208 e. The topological polar surface area (TPSA) is 74.8 Å². The van der Waals surface area contributed by atoms with Crippen molar-refractivity contribution in [2.24, 2.45) is 0 Å². The highest BCUT2D eigenvalue weighted by Crippen LogP contribution is 2.21. The van der Waals surface area contributed by atoms with E-state index in [-0.39, 0.29) is 31.1 Å². The zero-order valence-electron chi connectivity index (χ0n) is 14.4. The van der Waals surface area contributed by atoms with Gasteiger partial charge in [-0.25, -0.2) is 16.8 Å². The molecule has 1 fully saturated rings. The molecule has 27 heavy (non-hydrogen) atoms. The van der Waals surface area contributed by atoms with E-state index in [0.717, 1.165) is 11.0 Å². The number of hydrogen-bond acceptors (Lipinski definition) is 4. The highest BCUT2D eigenvalue weighted by Gasteiger charge is 2.32. The second kappa shape index (κ2) is 8.12. The summed E-state index contributed by atoms with van der Waals surface area (Å²) in [5, 5.41) is 1.61. The van der Waals surface area contributed by atoms with Crippen LogP contribution in [-0.4, -0.2) is 51.6 Å². The van der Waals surface area contributed by atoms with E-state index in [1.807, 2.05) is 30.3 Å². The van der Waals surface area contributed by atoms with Crippen molar-refractivity contribution in [2.75, 3.05) is 26.2 Å². The predicted molar refractivity (Wildman–Crippen MR) is 106 cm³/mol. The van der Waals surface area contributed by atoms with Gasteiger partial charge >= 0.3 is 0 Å². The molecule has 2 aromatic carbocycles. The summed E-state index contributed by atoms with van der Waals surface area (Å²) < 4.78 is 52.9. The van der Waals surface area contributed by atoms with Crippen molar-refractivity contribution >= 4 is 37.7 Å². The summed E-state index contributed by atoms with van der Waals surface area (Å²) in [6, 6.07) is 15.1. The van der Waals surface area contributed by atoms with Crippen molar-refractivity contribution in [2.45, 2.75) is 4.90 Å². The van der Waals surface area contributed by atoms with E-state index < -0.39 is 20.0 Å². The van der Waals surface area contributed by atoms with Crippen molar-refractivity contribution in [3.8, 4) is 0 Å². The van der Waals surface area contributed by atoms with Gasteiger partial charge in [-0.1, -0.05) is 41.9 Å². The maximum atomic E-state index is 12.7. The molecule has 9 heteroatoms. The highest BCUT2D eigenvalue weighted by molar-refractivity contribution is 7.92. The molecule has 0 unspecified atom stereocenters. The van der Waals surface area contributed by atoms with Crippen LogP contribution in [0, 0.1) is 0 Å². The molecule has 1 aliphatic heterocycles. The fraction of sp³-hybridized carbons (Fsp3) is 0.222. The molecule has 0 saturated carbocycles. The molecule has 1 heterocycles. The van der Waals surface area contributed by atoms with Gasteiger partial charge in [0.15, 0.2) is 0 Å². The molecule has 6 nitrogen and oxygen atoms in total. The number of hydrogen-bond donors (Lipinski definition) is 0. The van der Waals surface area contributed by atoms with Crippen LogP contribution in [-0.2, 0) is 20.0 Å². The first-order valence-corrected chi connectivity index (χ1v) is 11.6. The van der Waals surface area contributed by atoms with Crippen molar-refractivity contribution in [1.29, 1.82) is 0 Å². The number of nitrogens with zero attached hydrogens (tertiary/aromatic N) is 2. The lowest BCUT2D eigenvalue weighted by Crippen LogP contribution is -2.49.